The van der Waals surface area contributed by atoms with Gasteiger partial charge in [0.25, 0.3) is 0 Å². The third kappa shape index (κ3) is 2.56. The molecule has 4 heteroatoms. The second kappa shape index (κ2) is 4.43. The van der Waals surface area contributed by atoms with Crippen molar-refractivity contribution in [2.45, 2.75) is 26.3 Å². The van der Waals surface area contributed by atoms with Crippen molar-refractivity contribution in [2.24, 2.45) is 0 Å². The first-order valence-corrected chi connectivity index (χ1v) is 5.72. The maximum atomic E-state index is 12.0. The Balaban J connectivity index is 2.84. The van der Waals surface area contributed by atoms with E-state index < -0.39 is 5.54 Å². The van der Waals surface area contributed by atoms with Crippen LogP contribution in [0.15, 0.2) is 12.1 Å². The fourth-order valence-corrected chi connectivity index (χ4v) is 2.41. The van der Waals surface area contributed by atoms with E-state index in [0.29, 0.717) is 9.21 Å². The van der Waals surface area contributed by atoms with Crippen LogP contribution in [0.25, 0.3) is 0 Å². The summed E-state index contributed by atoms with van der Waals surface area (Å²) in [5, 5.41) is 3.14. The Morgan fingerprint density at radius 2 is 2.21 bits per heavy atom. The molecule has 0 radical (unpaired) electrons. The summed E-state index contributed by atoms with van der Waals surface area (Å²) in [6, 6.07) is 3.52. The molecule has 0 aliphatic rings. The summed E-state index contributed by atoms with van der Waals surface area (Å²) in [6.45, 7) is 6.52. The number of hydrogen-bond donors (Lipinski definition) is 1. The lowest BCUT2D eigenvalue weighted by molar-refractivity contribution is 0.0888. The van der Waals surface area contributed by atoms with Gasteiger partial charge in [-0.3, -0.25) is 4.79 Å². The number of thiophene rings is 1. The van der Waals surface area contributed by atoms with Gasteiger partial charge in [-0.15, -0.1) is 11.3 Å². The highest BCUT2D eigenvalue weighted by molar-refractivity contribution is 7.18. The van der Waals surface area contributed by atoms with Gasteiger partial charge in [-0.1, -0.05) is 18.5 Å². The highest BCUT2D eigenvalue weighted by atomic mass is 35.5. The van der Waals surface area contributed by atoms with E-state index >= 15 is 0 Å². The Morgan fingerprint density at radius 3 is 2.64 bits per heavy atom. The first-order valence-electron chi connectivity index (χ1n) is 4.52. The monoisotopic (exact) mass is 231 g/mol. The lowest BCUT2D eigenvalue weighted by Gasteiger charge is -2.23. The number of nitrogens with one attached hydrogen (secondary N) is 1. The lowest BCUT2D eigenvalue weighted by atomic mass is 9.98. The van der Waals surface area contributed by atoms with Gasteiger partial charge in [0.15, 0.2) is 5.78 Å². The Morgan fingerprint density at radius 1 is 1.57 bits per heavy atom. The molecule has 1 rings (SSSR count). The maximum Gasteiger partial charge on any atom is 0.192 e. The van der Waals surface area contributed by atoms with E-state index in [1.165, 1.54) is 11.3 Å². The second-order valence-electron chi connectivity index (χ2n) is 3.59. The summed E-state index contributed by atoms with van der Waals surface area (Å²) >= 11 is 7.10. The van der Waals surface area contributed by atoms with Crippen molar-refractivity contribution >= 4 is 28.7 Å². The van der Waals surface area contributed by atoms with Crippen LogP contribution in [0.2, 0.25) is 4.34 Å². The zero-order chi connectivity index (χ0) is 10.8. The van der Waals surface area contributed by atoms with Gasteiger partial charge in [0.1, 0.15) is 0 Å². The largest absolute Gasteiger partial charge is 0.305 e. The molecule has 0 aliphatic heterocycles. The number of carbonyl (C=O) groups is 1. The summed E-state index contributed by atoms with van der Waals surface area (Å²) in [7, 11) is 0. The first-order chi connectivity index (χ1) is 6.47. The molecule has 1 heterocycles. The van der Waals surface area contributed by atoms with Crippen molar-refractivity contribution < 1.29 is 4.79 Å². The predicted octanol–water partition coefficient (Wildman–Crippen LogP) is 2.97. The molecule has 0 spiro atoms. The van der Waals surface area contributed by atoms with Crippen LogP contribution < -0.4 is 5.32 Å². The molecule has 1 aromatic heterocycles. The van der Waals surface area contributed by atoms with Crippen molar-refractivity contribution in [2.75, 3.05) is 6.54 Å². The molecule has 0 amide bonds. The number of rotatable bonds is 4. The smallest absolute Gasteiger partial charge is 0.192 e. The summed E-state index contributed by atoms with van der Waals surface area (Å²) in [4.78, 5) is 12.7. The fraction of sp³-hybridized carbons (Fsp3) is 0.500. The van der Waals surface area contributed by atoms with E-state index in [1.807, 2.05) is 20.8 Å². The molecule has 0 atom stereocenters. The number of hydrogen-bond acceptors (Lipinski definition) is 3. The second-order valence-corrected chi connectivity index (χ2v) is 5.30. The Labute approximate surface area is 93.3 Å². The fourth-order valence-electron chi connectivity index (χ4n) is 1.27. The van der Waals surface area contributed by atoms with E-state index in [2.05, 4.69) is 5.32 Å². The molecule has 0 aliphatic carbocycles. The minimum Gasteiger partial charge on any atom is -0.305 e. The number of likely N-dealkylation sites (N-methyl/N-ethyl adjacent to an activating group) is 1. The molecule has 0 fully saturated rings. The molecule has 1 aromatic rings. The van der Waals surface area contributed by atoms with Gasteiger partial charge in [-0.25, -0.2) is 0 Å². The van der Waals surface area contributed by atoms with Crippen LogP contribution >= 0.6 is 22.9 Å². The van der Waals surface area contributed by atoms with Gasteiger partial charge >= 0.3 is 0 Å². The number of halogens is 1. The third-order valence-corrected chi connectivity index (χ3v) is 3.21. The molecular formula is C10H14ClNOS. The van der Waals surface area contributed by atoms with Gasteiger partial charge in [0.05, 0.1) is 14.8 Å². The van der Waals surface area contributed by atoms with E-state index in [4.69, 9.17) is 11.6 Å². The molecule has 0 aromatic carbocycles. The Bertz CT molecular complexity index is 333. The highest BCUT2D eigenvalue weighted by Gasteiger charge is 2.28. The number of Topliss-reactive ketones (excluding diaryl/α,β-unsaturated/α-hetero) is 1. The minimum absolute atomic E-state index is 0.0938. The average Bonchev–Trinajstić information content (AvgIpc) is 2.50. The number of ketones is 1. The zero-order valence-corrected chi connectivity index (χ0v) is 10.1. The summed E-state index contributed by atoms with van der Waals surface area (Å²) in [5.74, 6) is 0.0938. The van der Waals surface area contributed by atoms with Gasteiger partial charge in [0, 0.05) is 0 Å². The van der Waals surface area contributed by atoms with E-state index in [0.717, 1.165) is 6.54 Å². The lowest BCUT2D eigenvalue weighted by Crippen LogP contribution is -2.46. The standard InChI is InChI=1S/C10H14ClNOS/c1-4-12-10(2,3)9(13)7-5-6-8(11)14-7/h5-6,12H,4H2,1-3H3. The summed E-state index contributed by atoms with van der Waals surface area (Å²) in [6.07, 6.45) is 0. The highest BCUT2D eigenvalue weighted by Crippen LogP contribution is 2.24. The predicted molar refractivity (Wildman–Crippen MR) is 61.4 cm³/mol. The van der Waals surface area contributed by atoms with Crippen molar-refractivity contribution in [3.63, 3.8) is 0 Å². The van der Waals surface area contributed by atoms with Crippen LogP contribution in [0.1, 0.15) is 30.4 Å². The molecule has 1 N–H and O–H groups in total. The van der Waals surface area contributed by atoms with Gasteiger partial charge in [-0.05, 0) is 32.5 Å². The van der Waals surface area contributed by atoms with Crippen LogP contribution in [-0.2, 0) is 0 Å². The van der Waals surface area contributed by atoms with Crippen molar-refractivity contribution in [3.8, 4) is 0 Å². The number of carbonyl (C=O) groups excluding carboxylic acids is 1. The van der Waals surface area contributed by atoms with Crippen molar-refractivity contribution in [1.82, 2.24) is 5.32 Å². The molecule has 2 nitrogen and oxygen atoms in total. The molecule has 0 saturated carbocycles. The van der Waals surface area contributed by atoms with Gasteiger partial charge in [0.2, 0.25) is 0 Å². The minimum atomic E-state index is -0.511. The third-order valence-electron chi connectivity index (χ3n) is 1.98. The van der Waals surface area contributed by atoms with Crippen molar-refractivity contribution in [1.29, 1.82) is 0 Å². The molecule has 0 unspecified atom stereocenters. The molecule has 0 saturated heterocycles. The average molecular weight is 232 g/mol. The normalized spacial score (nSPS) is 11.7. The summed E-state index contributed by atoms with van der Waals surface area (Å²) in [5.41, 5.74) is -0.511. The van der Waals surface area contributed by atoms with Crippen LogP contribution in [0.4, 0.5) is 0 Å². The maximum absolute atomic E-state index is 12.0. The van der Waals surface area contributed by atoms with E-state index in [-0.39, 0.29) is 5.78 Å². The van der Waals surface area contributed by atoms with Crippen molar-refractivity contribution in [3.05, 3.63) is 21.3 Å². The Hall–Kier alpha value is -0.380. The molecule has 78 valence electrons. The molecular weight excluding hydrogens is 218 g/mol. The van der Waals surface area contributed by atoms with E-state index in [1.54, 1.807) is 12.1 Å². The molecule has 0 bridgehead atoms. The Kier molecular flexibility index (Phi) is 3.70. The van der Waals surface area contributed by atoms with Gasteiger partial charge < -0.3 is 5.32 Å². The first kappa shape index (κ1) is 11.7. The quantitative estimate of drug-likeness (QED) is 0.808. The van der Waals surface area contributed by atoms with E-state index in [9.17, 15) is 4.79 Å². The van der Waals surface area contributed by atoms with Crippen LogP contribution in [0, 0.1) is 0 Å². The summed E-state index contributed by atoms with van der Waals surface area (Å²) < 4.78 is 0.653. The van der Waals surface area contributed by atoms with Crippen LogP contribution in [0.5, 0.6) is 0 Å². The zero-order valence-electron chi connectivity index (χ0n) is 8.56. The van der Waals surface area contributed by atoms with Gasteiger partial charge in [-0.2, -0.15) is 0 Å². The SMILES string of the molecule is CCNC(C)(C)C(=O)c1ccc(Cl)s1. The van der Waals surface area contributed by atoms with Crippen LogP contribution in [-0.4, -0.2) is 17.9 Å². The van der Waals surface area contributed by atoms with Crippen LogP contribution in [0.3, 0.4) is 0 Å². The molecule has 14 heavy (non-hydrogen) atoms. The topological polar surface area (TPSA) is 29.1 Å².